The SMILES string of the molecule is Cc1cccc(OCC(=O)N(C)c2ccccc2)c1C. The van der Waals surface area contributed by atoms with Crippen LogP contribution in [0.5, 0.6) is 5.75 Å². The Labute approximate surface area is 119 Å². The van der Waals surface area contributed by atoms with E-state index >= 15 is 0 Å². The van der Waals surface area contributed by atoms with Gasteiger partial charge in [0.15, 0.2) is 6.61 Å². The fraction of sp³-hybridized carbons (Fsp3) is 0.235. The molecule has 0 aliphatic heterocycles. The number of anilines is 1. The van der Waals surface area contributed by atoms with Gasteiger partial charge >= 0.3 is 0 Å². The second-order valence-corrected chi connectivity index (χ2v) is 4.78. The lowest BCUT2D eigenvalue weighted by atomic mass is 10.1. The molecule has 0 heterocycles. The van der Waals surface area contributed by atoms with E-state index in [0.29, 0.717) is 0 Å². The molecule has 0 aliphatic carbocycles. The zero-order chi connectivity index (χ0) is 14.5. The average Bonchev–Trinajstić information content (AvgIpc) is 2.48. The van der Waals surface area contributed by atoms with E-state index in [9.17, 15) is 4.79 Å². The summed E-state index contributed by atoms with van der Waals surface area (Å²) in [6.45, 7) is 4.06. The minimum atomic E-state index is -0.0721. The van der Waals surface area contributed by atoms with Crippen molar-refractivity contribution in [2.45, 2.75) is 13.8 Å². The molecule has 0 spiro atoms. The highest BCUT2D eigenvalue weighted by atomic mass is 16.5. The quantitative estimate of drug-likeness (QED) is 0.852. The molecule has 0 saturated heterocycles. The summed E-state index contributed by atoms with van der Waals surface area (Å²) in [4.78, 5) is 13.7. The predicted octanol–water partition coefficient (Wildman–Crippen LogP) is 3.35. The molecule has 1 amide bonds. The van der Waals surface area contributed by atoms with Crippen molar-refractivity contribution in [1.82, 2.24) is 0 Å². The normalized spacial score (nSPS) is 10.2. The molecule has 2 aromatic rings. The second kappa shape index (κ2) is 6.24. The number of aryl methyl sites for hydroxylation is 1. The van der Waals surface area contributed by atoms with Gasteiger partial charge in [-0.05, 0) is 43.2 Å². The molecule has 104 valence electrons. The van der Waals surface area contributed by atoms with E-state index in [2.05, 4.69) is 0 Å². The van der Waals surface area contributed by atoms with Gasteiger partial charge in [-0.3, -0.25) is 4.79 Å². The summed E-state index contributed by atoms with van der Waals surface area (Å²) in [6, 6.07) is 15.4. The number of hydrogen-bond donors (Lipinski definition) is 0. The average molecular weight is 269 g/mol. The van der Waals surface area contributed by atoms with Gasteiger partial charge in [0.2, 0.25) is 0 Å². The van der Waals surface area contributed by atoms with Gasteiger partial charge in [-0.2, -0.15) is 0 Å². The van der Waals surface area contributed by atoms with Crippen LogP contribution in [0.4, 0.5) is 5.69 Å². The summed E-state index contributed by atoms with van der Waals surface area (Å²) in [6.07, 6.45) is 0. The Morgan fingerprint density at radius 3 is 2.45 bits per heavy atom. The molecule has 0 aliphatic rings. The van der Waals surface area contributed by atoms with E-state index in [1.54, 1.807) is 11.9 Å². The lowest BCUT2D eigenvalue weighted by Crippen LogP contribution is -2.31. The highest BCUT2D eigenvalue weighted by molar-refractivity contribution is 5.93. The standard InChI is InChI=1S/C17H19NO2/c1-13-8-7-11-16(14(13)2)20-12-17(19)18(3)15-9-5-4-6-10-15/h4-11H,12H2,1-3H3. The molecule has 3 nitrogen and oxygen atoms in total. The van der Waals surface area contributed by atoms with Crippen LogP contribution in [-0.2, 0) is 4.79 Å². The Kier molecular flexibility index (Phi) is 4.41. The smallest absolute Gasteiger partial charge is 0.264 e. The Balaban J connectivity index is 2.00. The fourth-order valence-corrected chi connectivity index (χ4v) is 1.91. The van der Waals surface area contributed by atoms with E-state index in [1.165, 1.54) is 0 Å². The first-order valence-electron chi connectivity index (χ1n) is 6.60. The molecule has 0 aromatic heterocycles. The van der Waals surface area contributed by atoms with Gasteiger partial charge in [0.1, 0.15) is 5.75 Å². The van der Waals surface area contributed by atoms with Crippen LogP contribution in [0, 0.1) is 13.8 Å². The number of rotatable bonds is 4. The molecule has 0 bridgehead atoms. The van der Waals surface area contributed by atoms with Gasteiger partial charge in [-0.15, -0.1) is 0 Å². The maximum absolute atomic E-state index is 12.1. The number of benzene rings is 2. The molecule has 0 unspecified atom stereocenters. The zero-order valence-corrected chi connectivity index (χ0v) is 12.1. The van der Waals surface area contributed by atoms with Gasteiger partial charge in [-0.25, -0.2) is 0 Å². The van der Waals surface area contributed by atoms with E-state index in [1.807, 2.05) is 62.4 Å². The van der Waals surface area contributed by atoms with E-state index in [-0.39, 0.29) is 12.5 Å². The maximum atomic E-state index is 12.1. The minimum absolute atomic E-state index is 0.0374. The molecular weight excluding hydrogens is 250 g/mol. The van der Waals surface area contributed by atoms with Gasteiger partial charge < -0.3 is 9.64 Å². The number of carbonyl (C=O) groups is 1. The molecule has 0 fully saturated rings. The van der Waals surface area contributed by atoms with Crippen molar-refractivity contribution in [3.05, 3.63) is 59.7 Å². The number of carbonyl (C=O) groups excluding carboxylic acids is 1. The molecular formula is C17H19NO2. The lowest BCUT2D eigenvalue weighted by molar-refractivity contribution is -0.120. The third kappa shape index (κ3) is 3.18. The van der Waals surface area contributed by atoms with Crippen molar-refractivity contribution >= 4 is 11.6 Å². The van der Waals surface area contributed by atoms with Crippen molar-refractivity contribution < 1.29 is 9.53 Å². The topological polar surface area (TPSA) is 29.5 Å². The Hall–Kier alpha value is -2.29. The summed E-state index contributed by atoms with van der Waals surface area (Å²) < 4.78 is 5.63. The van der Waals surface area contributed by atoms with Crippen LogP contribution in [-0.4, -0.2) is 19.6 Å². The van der Waals surface area contributed by atoms with Crippen molar-refractivity contribution in [3.63, 3.8) is 0 Å². The molecule has 2 rings (SSSR count). The molecule has 20 heavy (non-hydrogen) atoms. The van der Waals surface area contributed by atoms with Gasteiger partial charge in [-0.1, -0.05) is 30.3 Å². The predicted molar refractivity (Wildman–Crippen MR) is 81.3 cm³/mol. The summed E-state index contributed by atoms with van der Waals surface area (Å²) >= 11 is 0. The Morgan fingerprint density at radius 2 is 1.75 bits per heavy atom. The van der Waals surface area contributed by atoms with Crippen LogP contribution in [0.1, 0.15) is 11.1 Å². The molecule has 0 N–H and O–H groups in total. The molecule has 0 saturated carbocycles. The third-order valence-corrected chi connectivity index (χ3v) is 3.42. The summed E-state index contributed by atoms with van der Waals surface area (Å²) in [5.41, 5.74) is 3.09. The summed E-state index contributed by atoms with van der Waals surface area (Å²) in [5, 5.41) is 0. The zero-order valence-electron chi connectivity index (χ0n) is 12.1. The summed E-state index contributed by atoms with van der Waals surface area (Å²) in [7, 11) is 1.75. The van der Waals surface area contributed by atoms with E-state index in [4.69, 9.17) is 4.74 Å². The molecule has 0 radical (unpaired) electrons. The van der Waals surface area contributed by atoms with Gasteiger partial charge in [0.25, 0.3) is 5.91 Å². The van der Waals surface area contributed by atoms with Crippen LogP contribution in [0.2, 0.25) is 0 Å². The first-order chi connectivity index (χ1) is 9.59. The number of likely N-dealkylation sites (N-methyl/N-ethyl adjacent to an activating group) is 1. The van der Waals surface area contributed by atoms with Crippen molar-refractivity contribution in [2.24, 2.45) is 0 Å². The summed E-state index contributed by atoms with van der Waals surface area (Å²) in [5.74, 6) is 0.692. The first-order valence-corrected chi connectivity index (χ1v) is 6.60. The third-order valence-electron chi connectivity index (χ3n) is 3.42. The largest absolute Gasteiger partial charge is 0.483 e. The van der Waals surface area contributed by atoms with E-state index < -0.39 is 0 Å². The minimum Gasteiger partial charge on any atom is -0.483 e. The van der Waals surface area contributed by atoms with Crippen LogP contribution in [0.25, 0.3) is 0 Å². The number of nitrogens with zero attached hydrogens (tertiary/aromatic N) is 1. The molecule has 3 heteroatoms. The van der Waals surface area contributed by atoms with Gasteiger partial charge in [0, 0.05) is 12.7 Å². The maximum Gasteiger partial charge on any atom is 0.264 e. The Bertz CT molecular complexity index is 593. The molecule has 2 aromatic carbocycles. The molecule has 0 atom stereocenters. The van der Waals surface area contributed by atoms with Gasteiger partial charge in [0.05, 0.1) is 0 Å². The van der Waals surface area contributed by atoms with Crippen LogP contribution >= 0.6 is 0 Å². The highest BCUT2D eigenvalue weighted by Gasteiger charge is 2.12. The van der Waals surface area contributed by atoms with Crippen molar-refractivity contribution in [2.75, 3.05) is 18.6 Å². The highest BCUT2D eigenvalue weighted by Crippen LogP contribution is 2.20. The number of hydrogen-bond acceptors (Lipinski definition) is 2. The van der Waals surface area contributed by atoms with Crippen LogP contribution in [0.3, 0.4) is 0 Å². The van der Waals surface area contributed by atoms with Crippen molar-refractivity contribution in [1.29, 1.82) is 0 Å². The second-order valence-electron chi connectivity index (χ2n) is 4.78. The number of para-hydroxylation sites is 1. The lowest BCUT2D eigenvalue weighted by Gasteiger charge is -2.18. The van der Waals surface area contributed by atoms with Crippen LogP contribution in [0.15, 0.2) is 48.5 Å². The Morgan fingerprint density at radius 1 is 1.05 bits per heavy atom. The first kappa shape index (κ1) is 14.1. The number of amides is 1. The fourth-order valence-electron chi connectivity index (χ4n) is 1.91. The number of ether oxygens (including phenoxy) is 1. The van der Waals surface area contributed by atoms with Crippen LogP contribution < -0.4 is 9.64 Å². The van der Waals surface area contributed by atoms with E-state index in [0.717, 1.165) is 22.6 Å². The van der Waals surface area contributed by atoms with Crippen molar-refractivity contribution in [3.8, 4) is 5.75 Å². The monoisotopic (exact) mass is 269 g/mol.